The van der Waals surface area contributed by atoms with Crippen molar-refractivity contribution >= 4 is 11.7 Å². The molecule has 0 saturated carbocycles. The summed E-state index contributed by atoms with van der Waals surface area (Å²) in [7, 11) is 0. The average molecular weight is 504 g/mol. The van der Waals surface area contributed by atoms with Gasteiger partial charge in [-0.25, -0.2) is 0 Å². The Balaban J connectivity index is 4.44. The molecule has 0 aliphatic carbocycles. The molecule has 0 aromatic rings. The van der Waals surface area contributed by atoms with Gasteiger partial charge in [0.2, 0.25) is 5.91 Å². The predicted octanol–water partition coefficient (Wildman–Crippen LogP) is 1.16. The summed E-state index contributed by atoms with van der Waals surface area (Å²) in [6.07, 6.45) is 2.70. The summed E-state index contributed by atoms with van der Waals surface area (Å²) in [5.74, 6) is -0.367. The molecule has 0 aliphatic heterocycles. The fourth-order valence-corrected chi connectivity index (χ4v) is 4.30. The summed E-state index contributed by atoms with van der Waals surface area (Å²) in [5.41, 5.74) is 0. The van der Waals surface area contributed by atoms with Gasteiger partial charge in [-0.2, -0.15) is 0 Å². The smallest absolute Gasteiger partial charge is 0.223 e. The minimum Gasteiger partial charge on any atom is -0.392 e. The van der Waals surface area contributed by atoms with E-state index in [1.54, 1.807) is 27.7 Å². The Hall–Kier alpha value is -1.10. The molecule has 1 amide bonds. The topological polar surface area (TPSA) is 134 Å². The second kappa shape index (κ2) is 19.1. The van der Waals surface area contributed by atoms with Crippen LogP contribution in [0.25, 0.3) is 0 Å². The van der Waals surface area contributed by atoms with Crippen LogP contribution in [-0.2, 0) is 9.59 Å². The number of amides is 1. The molecule has 0 rings (SSSR count). The Kier molecular flexibility index (Phi) is 18.5. The van der Waals surface area contributed by atoms with Gasteiger partial charge < -0.3 is 25.7 Å². The lowest BCUT2D eigenvalue weighted by atomic mass is 10.0. The van der Waals surface area contributed by atoms with E-state index in [0.717, 1.165) is 32.2 Å². The third-order valence-electron chi connectivity index (χ3n) is 5.92. The molecule has 9 heteroatoms. The number of aliphatic hydroxyl groups excluding tert-OH is 4. The highest BCUT2D eigenvalue weighted by atomic mass is 16.3. The first-order valence-corrected chi connectivity index (χ1v) is 13.3. The van der Waals surface area contributed by atoms with E-state index >= 15 is 0 Å². The molecule has 0 aromatic carbocycles. The first-order valence-electron chi connectivity index (χ1n) is 13.3. The van der Waals surface area contributed by atoms with Gasteiger partial charge in [-0.05, 0) is 79.8 Å². The Morgan fingerprint density at radius 2 is 1.03 bits per heavy atom. The maximum absolute atomic E-state index is 12.7. The van der Waals surface area contributed by atoms with Gasteiger partial charge in [0, 0.05) is 32.1 Å². The molecular weight excluding hydrogens is 450 g/mol. The fraction of sp³-hybridized carbons (Fsp3) is 0.923. The van der Waals surface area contributed by atoms with Crippen molar-refractivity contribution in [1.82, 2.24) is 15.1 Å². The number of nitrogens with zero attached hydrogens (tertiary/aromatic N) is 2. The third kappa shape index (κ3) is 18.8. The number of carbonyl (C=O) groups is 2. The van der Waals surface area contributed by atoms with Crippen LogP contribution in [0.15, 0.2) is 0 Å². The summed E-state index contributed by atoms with van der Waals surface area (Å²) in [4.78, 5) is 28.8. The Labute approximate surface area is 212 Å². The third-order valence-corrected chi connectivity index (χ3v) is 5.92. The standard InChI is InChI=1S/C26H53N3O6/c1-19(11-7-9-13-28(15-20(2)30)16-21(3)31)26(35)27-25(24(6)34)12-8-10-14-29(17-22(4)32)18-23(5)33/h19-23,25,30-33H,7-18H2,1-6H3,(H,27,35)/t19-,20-,21-,22-,23-,25-/m1/s1. The molecular formula is C26H53N3O6. The number of hydrogen-bond donors (Lipinski definition) is 5. The SMILES string of the molecule is CC(=O)[C@@H](CCCCN(C[C@@H](C)O)C[C@@H](C)O)NC(=O)[C@H](C)CCCCN(C[C@@H](C)O)C[C@@H](C)O. The van der Waals surface area contributed by atoms with Crippen LogP contribution in [0.5, 0.6) is 0 Å². The molecule has 35 heavy (non-hydrogen) atoms. The van der Waals surface area contributed by atoms with E-state index in [0.29, 0.717) is 45.6 Å². The normalized spacial score (nSPS) is 17.1. The summed E-state index contributed by atoms with van der Waals surface area (Å²) >= 11 is 0. The molecule has 5 N–H and O–H groups in total. The first-order chi connectivity index (χ1) is 16.3. The molecule has 0 spiro atoms. The maximum atomic E-state index is 12.7. The van der Waals surface area contributed by atoms with E-state index in [1.165, 1.54) is 6.92 Å². The number of Topliss-reactive ketones (excluding diaryl/α,β-unsaturated/α-hetero) is 1. The summed E-state index contributed by atoms with van der Waals surface area (Å²) < 4.78 is 0. The van der Waals surface area contributed by atoms with Crippen LogP contribution >= 0.6 is 0 Å². The van der Waals surface area contributed by atoms with Crippen LogP contribution < -0.4 is 5.32 Å². The van der Waals surface area contributed by atoms with Crippen molar-refractivity contribution in [3.05, 3.63) is 0 Å². The molecule has 6 atom stereocenters. The highest BCUT2D eigenvalue weighted by molar-refractivity contribution is 5.88. The Bertz CT molecular complexity index is 551. The highest BCUT2D eigenvalue weighted by Gasteiger charge is 2.21. The Morgan fingerprint density at radius 1 is 0.657 bits per heavy atom. The number of nitrogens with one attached hydrogen (secondary N) is 1. The fourth-order valence-electron chi connectivity index (χ4n) is 4.30. The molecule has 0 radical (unpaired) electrons. The second-order valence-electron chi connectivity index (χ2n) is 10.5. The first kappa shape index (κ1) is 33.9. The van der Waals surface area contributed by atoms with Crippen LogP contribution in [0.3, 0.4) is 0 Å². The van der Waals surface area contributed by atoms with Crippen molar-refractivity contribution in [2.75, 3.05) is 39.3 Å². The van der Waals surface area contributed by atoms with Crippen LogP contribution in [0, 0.1) is 5.92 Å². The minimum atomic E-state index is -0.500. The molecule has 0 fully saturated rings. The number of ketones is 1. The molecule has 0 bridgehead atoms. The van der Waals surface area contributed by atoms with Crippen LogP contribution in [0.2, 0.25) is 0 Å². The van der Waals surface area contributed by atoms with Crippen LogP contribution in [0.4, 0.5) is 0 Å². The quantitative estimate of drug-likeness (QED) is 0.147. The van der Waals surface area contributed by atoms with E-state index < -0.39 is 30.5 Å². The van der Waals surface area contributed by atoms with E-state index in [2.05, 4.69) is 5.32 Å². The van der Waals surface area contributed by atoms with Crippen molar-refractivity contribution in [2.45, 2.75) is 111 Å². The minimum absolute atomic E-state index is 0.0535. The molecule has 208 valence electrons. The van der Waals surface area contributed by atoms with Gasteiger partial charge in [-0.1, -0.05) is 13.3 Å². The molecule has 0 heterocycles. The van der Waals surface area contributed by atoms with Crippen molar-refractivity contribution in [3.8, 4) is 0 Å². The number of unbranched alkanes of at least 4 members (excludes halogenated alkanes) is 2. The zero-order valence-corrected chi connectivity index (χ0v) is 22.9. The number of rotatable bonds is 21. The predicted molar refractivity (Wildman–Crippen MR) is 139 cm³/mol. The van der Waals surface area contributed by atoms with Crippen LogP contribution in [0.1, 0.15) is 80.1 Å². The van der Waals surface area contributed by atoms with E-state index in [1.807, 2.05) is 16.7 Å². The van der Waals surface area contributed by atoms with E-state index in [-0.39, 0.29) is 17.6 Å². The molecule has 0 aliphatic rings. The lowest BCUT2D eigenvalue weighted by Gasteiger charge is -2.25. The van der Waals surface area contributed by atoms with Gasteiger partial charge in [0.05, 0.1) is 30.5 Å². The zero-order valence-electron chi connectivity index (χ0n) is 22.9. The van der Waals surface area contributed by atoms with Gasteiger partial charge in [0.1, 0.15) is 0 Å². The van der Waals surface area contributed by atoms with Crippen molar-refractivity contribution < 1.29 is 30.0 Å². The van der Waals surface area contributed by atoms with Crippen molar-refractivity contribution in [3.63, 3.8) is 0 Å². The lowest BCUT2D eigenvalue weighted by molar-refractivity contribution is -0.129. The number of carbonyl (C=O) groups excluding carboxylic acids is 2. The average Bonchev–Trinajstić information content (AvgIpc) is 2.70. The highest BCUT2D eigenvalue weighted by Crippen LogP contribution is 2.12. The summed E-state index contributed by atoms with van der Waals surface area (Å²) in [5, 5.41) is 41.4. The second-order valence-corrected chi connectivity index (χ2v) is 10.5. The monoisotopic (exact) mass is 503 g/mol. The molecule has 0 aromatic heterocycles. The molecule has 0 unspecified atom stereocenters. The van der Waals surface area contributed by atoms with Gasteiger partial charge >= 0.3 is 0 Å². The van der Waals surface area contributed by atoms with Gasteiger partial charge in [-0.15, -0.1) is 0 Å². The lowest BCUT2D eigenvalue weighted by Crippen LogP contribution is -2.42. The molecule has 9 nitrogen and oxygen atoms in total. The van der Waals surface area contributed by atoms with E-state index in [9.17, 15) is 30.0 Å². The van der Waals surface area contributed by atoms with Crippen molar-refractivity contribution in [1.29, 1.82) is 0 Å². The maximum Gasteiger partial charge on any atom is 0.223 e. The largest absolute Gasteiger partial charge is 0.392 e. The van der Waals surface area contributed by atoms with Gasteiger partial charge in [0.25, 0.3) is 0 Å². The number of hydrogen-bond acceptors (Lipinski definition) is 8. The summed E-state index contributed by atoms with van der Waals surface area (Å²) in [6.45, 7) is 13.7. The van der Waals surface area contributed by atoms with Gasteiger partial charge in [0.15, 0.2) is 5.78 Å². The van der Waals surface area contributed by atoms with E-state index in [4.69, 9.17) is 0 Å². The van der Waals surface area contributed by atoms with Crippen LogP contribution in [-0.4, -0.2) is 112 Å². The Morgan fingerprint density at radius 3 is 1.37 bits per heavy atom. The van der Waals surface area contributed by atoms with Gasteiger partial charge in [-0.3, -0.25) is 19.4 Å². The van der Waals surface area contributed by atoms with Crippen molar-refractivity contribution in [2.24, 2.45) is 5.92 Å². The molecule has 0 saturated heterocycles. The number of aliphatic hydroxyl groups is 4. The summed E-state index contributed by atoms with van der Waals surface area (Å²) in [6, 6.07) is -0.500. The zero-order chi connectivity index (χ0) is 27.0.